The summed E-state index contributed by atoms with van der Waals surface area (Å²) in [5.74, 6) is -0.712. The summed E-state index contributed by atoms with van der Waals surface area (Å²) in [6.45, 7) is 3.49. The Labute approximate surface area is 97.6 Å². The number of phenols is 1. The summed E-state index contributed by atoms with van der Waals surface area (Å²) in [5, 5.41) is 9.82. The third kappa shape index (κ3) is 2.36. The fourth-order valence-corrected chi connectivity index (χ4v) is 1.82. The first-order valence-corrected chi connectivity index (χ1v) is 5.09. The van der Waals surface area contributed by atoms with Gasteiger partial charge in [0, 0.05) is 5.56 Å². The van der Waals surface area contributed by atoms with E-state index in [1.807, 2.05) is 0 Å². The highest BCUT2D eigenvalue weighted by Crippen LogP contribution is 2.34. The van der Waals surface area contributed by atoms with Crippen LogP contribution in [0.1, 0.15) is 22.8 Å². The van der Waals surface area contributed by atoms with Crippen LogP contribution in [0.4, 0.5) is 0 Å². The zero-order chi connectivity index (χ0) is 11.6. The first-order valence-electron chi connectivity index (χ1n) is 4.33. The molecular weight excluding hydrogens is 239 g/mol. The topological polar surface area (TPSA) is 46.5 Å². The molecule has 0 heterocycles. The second-order valence-electron chi connectivity index (χ2n) is 2.91. The summed E-state index contributed by atoms with van der Waals surface area (Å²) in [6.07, 6.45) is 0. The number of hydrogen-bond acceptors (Lipinski definition) is 3. The van der Waals surface area contributed by atoms with E-state index in [1.165, 1.54) is 6.07 Å². The summed E-state index contributed by atoms with van der Waals surface area (Å²) in [6, 6.07) is 1.32. The van der Waals surface area contributed by atoms with Gasteiger partial charge in [-0.15, -0.1) is 0 Å². The molecule has 0 spiro atoms. The van der Waals surface area contributed by atoms with E-state index in [4.69, 9.17) is 27.9 Å². The zero-order valence-electron chi connectivity index (χ0n) is 8.30. The van der Waals surface area contributed by atoms with Crippen LogP contribution in [0.5, 0.6) is 5.75 Å². The number of esters is 1. The molecule has 3 nitrogen and oxygen atoms in total. The molecule has 0 atom stereocenters. The second kappa shape index (κ2) is 4.73. The van der Waals surface area contributed by atoms with Gasteiger partial charge in [-0.1, -0.05) is 23.2 Å². The van der Waals surface area contributed by atoms with Gasteiger partial charge >= 0.3 is 5.97 Å². The van der Waals surface area contributed by atoms with Crippen molar-refractivity contribution in [1.82, 2.24) is 0 Å². The molecule has 1 aromatic carbocycles. The molecule has 1 N–H and O–H groups in total. The highest BCUT2D eigenvalue weighted by atomic mass is 35.5. The molecule has 1 aromatic rings. The van der Waals surface area contributed by atoms with Crippen molar-refractivity contribution in [2.24, 2.45) is 0 Å². The molecule has 0 aliphatic heterocycles. The van der Waals surface area contributed by atoms with Crippen molar-refractivity contribution in [2.75, 3.05) is 6.61 Å². The standard InChI is InChI=1S/C10H10Cl2O3/c1-3-15-10(14)8-5(2)9(13)7(12)4-6(8)11/h4,13H,3H2,1-2H3. The maximum atomic E-state index is 11.5. The van der Waals surface area contributed by atoms with E-state index >= 15 is 0 Å². The lowest BCUT2D eigenvalue weighted by Crippen LogP contribution is -2.07. The first kappa shape index (κ1) is 12.1. The summed E-state index contributed by atoms with van der Waals surface area (Å²) in [7, 11) is 0. The van der Waals surface area contributed by atoms with Gasteiger partial charge in [-0.2, -0.15) is 0 Å². The number of phenolic OH excluding ortho intramolecular Hbond substituents is 1. The van der Waals surface area contributed by atoms with Gasteiger partial charge in [-0.3, -0.25) is 0 Å². The molecule has 0 radical (unpaired) electrons. The Kier molecular flexibility index (Phi) is 3.83. The second-order valence-corrected chi connectivity index (χ2v) is 3.72. The lowest BCUT2D eigenvalue weighted by molar-refractivity contribution is 0.0525. The molecule has 0 saturated heterocycles. The SMILES string of the molecule is CCOC(=O)c1c(Cl)cc(Cl)c(O)c1C. The maximum absolute atomic E-state index is 11.5. The Bertz CT molecular complexity index is 402. The lowest BCUT2D eigenvalue weighted by atomic mass is 10.1. The fourth-order valence-electron chi connectivity index (χ4n) is 1.18. The predicted octanol–water partition coefficient (Wildman–Crippen LogP) is 3.18. The van der Waals surface area contributed by atoms with Crippen LogP contribution < -0.4 is 0 Å². The van der Waals surface area contributed by atoms with Gasteiger partial charge in [0.1, 0.15) is 5.75 Å². The van der Waals surface area contributed by atoms with Crippen molar-refractivity contribution in [2.45, 2.75) is 13.8 Å². The monoisotopic (exact) mass is 248 g/mol. The Balaban J connectivity index is 3.29. The molecule has 0 aliphatic carbocycles. The number of halogens is 2. The number of carbonyl (C=O) groups excluding carboxylic acids is 1. The van der Waals surface area contributed by atoms with Crippen molar-refractivity contribution in [3.8, 4) is 5.75 Å². The number of rotatable bonds is 2. The Hall–Kier alpha value is -0.930. The van der Waals surface area contributed by atoms with Crippen LogP contribution in [0.25, 0.3) is 0 Å². The number of hydrogen-bond donors (Lipinski definition) is 1. The van der Waals surface area contributed by atoms with Gasteiger partial charge in [-0.05, 0) is 19.9 Å². The normalized spacial score (nSPS) is 10.1. The van der Waals surface area contributed by atoms with Crippen molar-refractivity contribution in [1.29, 1.82) is 0 Å². The highest BCUT2D eigenvalue weighted by molar-refractivity contribution is 6.37. The average Bonchev–Trinajstić information content (AvgIpc) is 2.15. The minimum absolute atomic E-state index is 0.116. The van der Waals surface area contributed by atoms with Gasteiger partial charge in [0.2, 0.25) is 0 Å². The van der Waals surface area contributed by atoms with E-state index in [0.29, 0.717) is 5.56 Å². The van der Waals surface area contributed by atoms with E-state index in [0.717, 1.165) is 0 Å². The van der Waals surface area contributed by atoms with Gasteiger partial charge in [-0.25, -0.2) is 4.79 Å². The lowest BCUT2D eigenvalue weighted by Gasteiger charge is -2.10. The van der Waals surface area contributed by atoms with Crippen LogP contribution >= 0.6 is 23.2 Å². The van der Waals surface area contributed by atoms with Crippen LogP contribution in [0.2, 0.25) is 10.0 Å². The van der Waals surface area contributed by atoms with Crippen LogP contribution in [-0.2, 0) is 4.74 Å². The number of ether oxygens (including phenoxy) is 1. The Morgan fingerprint density at radius 3 is 2.60 bits per heavy atom. The van der Waals surface area contributed by atoms with Gasteiger partial charge in [0.05, 0.1) is 22.2 Å². The number of aromatic hydroxyl groups is 1. The molecule has 0 aromatic heterocycles. The zero-order valence-corrected chi connectivity index (χ0v) is 9.82. The molecule has 0 bridgehead atoms. The number of carbonyl (C=O) groups is 1. The number of benzene rings is 1. The van der Waals surface area contributed by atoms with Gasteiger partial charge in [0.15, 0.2) is 0 Å². The van der Waals surface area contributed by atoms with E-state index in [-0.39, 0.29) is 28.0 Å². The van der Waals surface area contributed by atoms with Crippen molar-refractivity contribution >= 4 is 29.2 Å². The molecule has 0 fully saturated rings. The van der Waals surface area contributed by atoms with Crippen LogP contribution in [0, 0.1) is 6.92 Å². The van der Waals surface area contributed by atoms with E-state index < -0.39 is 5.97 Å². The molecule has 5 heteroatoms. The van der Waals surface area contributed by atoms with Crippen molar-refractivity contribution in [3.63, 3.8) is 0 Å². The summed E-state index contributed by atoms with van der Waals surface area (Å²) < 4.78 is 4.81. The summed E-state index contributed by atoms with van der Waals surface area (Å²) in [4.78, 5) is 11.5. The van der Waals surface area contributed by atoms with Crippen LogP contribution in [0.3, 0.4) is 0 Å². The summed E-state index contributed by atoms with van der Waals surface area (Å²) >= 11 is 11.5. The minimum Gasteiger partial charge on any atom is -0.506 e. The fraction of sp³-hybridized carbons (Fsp3) is 0.300. The smallest absolute Gasteiger partial charge is 0.340 e. The quantitative estimate of drug-likeness (QED) is 0.818. The molecule has 0 amide bonds. The predicted molar refractivity (Wildman–Crippen MR) is 58.8 cm³/mol. The largest absolute Gasteiger partial charge is 0.506 e. The van der Waals surface area contributed by atoms with E-state index in [2.05, 4.69) is 0 Å². The van der Waals surface area contributed by atoms with Gasteiger partial charge < -0.3 is 9.84 Å². The average molecular weight is 249 g/mol. The maximum Gasteiger partial charge on any atom is 0.340 e. The highest BCUT2D eigenvalue weighted by Gasteiger charge is 2.19. The summed E-state index contributed by atoms with van der Waals surface area (Å²) in [5.41, 5.74) is 0.478. The molecule has 0 aliphatic rings. The van der Waals surface area contributed by atoms with E-state index in [9.17, 15) is 9.90 Å². The van der Waals surface area contributed by atoms with Crippen molar-refractivity contribution < 1.29 is 14.6 Å². The molecule has 82 valence electrons. The molecule has 1 rings (SSSR count). The third-order valence-corrected chi connectivity index (χ3v) is 2.51. The molecule has 15 heavy (non-hydrogen) atoms. The molecular formula is C10H10Cl2O3. The van der Waals surface area contributed by atoms with E-state index in [1.54, 1.807) is 13.8 Å². The van der Waals surface area contributed by atoms with Crippen LogP contribution in [-0.4, -0.2) is 17.7 Å². The molecule has 0 unspecified atom stereocenters. The van der Waals surface area contributed by atoms with Crippen LogP contribution in [0.15, 0.2) is 6.07 Å². The Morgan fingerprint density at radius 2 is 2.07 bits per heavy atom. The Morgan fingerprint density at radius 1 is 1.47 bits per heavy atom. The van der Waals surface area contributed by atoms with Crippen molar-refractivity contribution in [3.05, 3.63) is 27.2 Å². The third-order valence-electron chi connectivity index (χ3n) is 1.93. The minimum atomic E-state index is -0.563. The van der Waals surface area contributed by atoms with Gasteiger partial charge in [0.25, 0.3) is 0 Å². The first-order chi connectivity index (χ1) is 6.99. The molecule has 0 saturated carbocycles.